The number of aromatic nitrogens is 2. The number of rotatable bonds is 3. The van der Waals surface area contributed by atoms with Gasteiger partial charge < -0.3 is 15.0 Å². The molecule has 0 bridgehead atoms. The Morgan fingerprint density at radius 3 is 2.59 bits per heavy atom. The monoisotopic (exact) mass is 321 g/mol. The number of carbonyl (C=O) groups excluding carboxylic acids is 1. The van der Waals surface area contributed by atoms with Gasteiger partial charge in [-0.3, -0.25) is 9.59 Å². The summed E-state index contributed by atoms with van der Waals surface area (Å²) < 4.78 is 5.20. The van der Waals surface area contributed by atoms with Gasteiger partial charge in [-0.1, -0.05) is 11.6 Å². The van der Waals surface area contributed by atoms with Crippen LogP contribution >= 0.6 is 11.6 Å². The molecule has 0 spiro atoms. The summed E-state index contributed by atoms with van der Waals surface area (Å²) in [7, 11) is 1.47. The Bertz CT molecular complexity index is 799. The molecule has 0 saturated heterocycles. The minimum absolute atomic E-state index is 0.0275. The first-order valence-corrected chi connectivity index (χ1v) is 6.94. The maximum atomic E-state index is 12.4. The number of nitrogens with zero attached hydrogens (tertiary/aromatic N) is 1. The molecule has 2 aromatic rings. The Morgan fingerprint density at radius 2 is 2.00 bits per heavy atom. The summed E-state index contributed by atoms with van der Waals surface area (Å²) in [5.41, 5.74) is 1.08. The SMILES string of the molecule is COc1cc(Cl)c(C)cc1NC(=O)c1c(C)nc(C)[nH]c1=O. The van der Waals surface area contributed by atoms with Crippen LogP contribution in [0.2, 0.25) is 5.02 Å². The van der Waals surface area contributed by atoms with Gasteiger partial charge in [0.2, 0.25) is 0 Å². The van der Waals surface area contributed by atoms with E-state index in [9.17, 15) is 9.59 Å². The third kappa shape index (κ3) is 3.12. The molecule has 2 N–H and O–H groups in total. The number of ether oxygens (including phenoxy) is 1. The van der Waals surface area contributed by atoms with Crippen molar-refractivity contribution in [2.24, 2.45) is 0 Å². The Balaban J connectivity index is 2.42. The molecule has 1 aromatic carbocycles. The van der Waals surface area contributed by atoms with Gasteiger partial charge in [-0.2, -0.15) is 0 Å². The zero-order valence-corrected chi connectivity index (χ0v) is 13.5. The fourth-order valence-electron chi connectivity index (χ4n) is 2.11. The molecular formula is C15H16ClN3O3. The fourth-order valence-corrected chi connectivity index (χ4v) is 2.26. The number of carbonyl (C=O) groups is 1. The summed E-state index contributed by atoms with van der Waals surface area (Å²) >= 11 is 6.03. The van der Waals surface area contributed by atoms with Crippen molar-refractivity contribution in [3.63, 3.8) is 0 Å². The number of amides is 1. The molecule has 0 radical (unpaired) electrons. The summed E-state index contributed by atoms with van der Waals surface area (Å²) in [6, 6.07) is 3.29. The van der Waals surface area contributed by atoms with E-state index in [0.29, 0.717) is 28.0 Å². The molecule has 7 heteroatoms. The minimum atomic E-state index is -0.550. The lowest BCUT2D eigenvalue weighted by molar-refractivity contribution is 0.102. The van der Waals surface area contributed by atoms with Gasteiger partial charge in [0, 0.05) is 11.1 Å². The summed E-state index contributed by atoms with van der Waals surface area (Å²) in [6.07, 6.45) is 0. The normalized spacial score (nSPS) is 10.4. The third-order valence-electron chi connectivity index (χ3n) is 3.17. The fraction of sp³-hybridized carbons (Fsp3) is 0.267. The van der Waals surface area contributed by atoms with E-state index in [1.807, 2.05) is 6.92 Å². The summed E-state index contributed by atoms with van der Waals surface area (Å²) in [5, 5.41) is 3.19. The van der Waals surface area contributed by atoms with Crippen molar-refractivity contribution in [1.29, 1.82) is 0 Å². The van der Waals surface area contributed by atoms with E-state index >= 15 is 0 Å². The predicted octanol–water partition coefficient (Wildman–Crippen LogP) is 2.61. The largest absolute Gasteiger partial charge is 0.495 e. The number of halogens is 1. The molecule has 0 atom stereocenters. The highest BCUT2D eigenvalue weighted by Crippen LogP contribution is 2.31. The van der Waals surface area contributed by atoms with Crippen molar-refractivity contribution in [1.82, 2.24) is 9.97 Å². The highest BCUT2D eigenvalue weighted by Gasteiger charge is 2.18. The molecule has 0 aliphatic carbocycles. The first-order valence-electron chi connectivity index (χ1n) is 6.56. The second-order valence-corrected chi connectivity index (χ2v) is 5.27. The van der Waals surface area contributed by atoms with Crippen molar-refractivity contribution < 1.29 is 9.53 Å². The van der Waals surface area contributed by atoms with Crippen molar-refractivity contribution in [3.8, 4) is 5.75 Å². The van der Waals surface area contributed by atoms with E-state index in [1.165, 1.54) is 7.11 Å². The predicted molar refractivity (Wildman–Crippen MR) is 85.0 cm³/mol. The van der Waals surface area contributed by atoms with E-state index in [4.69, 9.17) is 16.3 Å². The molecule has 0 aliphatic rings. The van der Waals surface area contributed by atoms with Crippen molar-refractivity contribution in [2.75, 3.05) is 12.4 Å². The van der Waals surface area contributed by atoms with Crippen LogP contribution in [0.25, 0.3) is 0 Å². The zero-order valence-electron chi connectivity index (χ0n) is 12.7. The molecular weight excluding hydrogens is 306 g/mol. The van der Waals surface area contributed by atoms with Crippen LogP contribution in [0.15, 0.2) is 16.9 Å². The van der Waals surface area contributed by atoms with E-state index in [1.54, 1.807) is 26.0 Å². The maximum absolute atomic E-state index is 12.4. The summed E-state index contributed by atoms with van der Waals surface area (Å²) in [5.74, 6) is 0.323. The van der Waals surface area contributed by atoms with Gasteiger partial charge in [0.05, 0.1) is 18.5 Å². The Hall–Kier alpha value is -2.34. The van der Waals surface area contributed by atoms with Crippen LogP contribution in [-0.4, -0.2) is 23.0 Å². The quantitative estimate of drug-likeness (QED) is 0.910. The lowest BCUT2D eigenvalue weighted by Gasteiger charge is -2.12. The van der Waals surface area contributed by atoms with Gasteiger partial charge >= 0.3 is 0 Å². The van der Waals surface area contributed by atoms with Gasteiger partial charge in [-0.15, -0.1) is 0 Å². The number of nitrogens with one attached hydrogen (secondary N) is 2. The lowest BCUT2D eigenvalue weighted by Crippen LogP contribution is -2.26. The van der Waals surface area contributed by atoms with Gasteiger partial charge in [0.1, 0.15) is 17.1 Å². The van der Waals surface area contributed by atoms with Crippen LogP contribution in [-0.2, 0) is 0 Å². The van der Waals surface area contributed by atoms with Crippen molar-refractivity contribution in [2.45, 2.75) is 20.8 Å². The van der Waals surface area contributed by atoms with Gasteiger partial charge in [0.25, 0.3) is 11.5 Å². The maximum Gasteiger partial charge on any atom is 0.264 e. The molecule has 1 amide bonds. The molecule has 0 saturated carbocycles. The van der Waals surface area contributed by atoms with E-state index in [-0.39, 0.29) is 5.56 Å². The molecule has 0 fully saturated rings. The summed E-state index contributed by atoms with van der Waals surface area (Å²) in [6.45, 7) is 5.08. The van der Waals surface area contributed by atoms with Crippen LogP contribution < -0.4 is 15.6 Å². The third-order valence-corrected chi connectivity index (χ3v) is 3.58. The van der Waals surface area contributed by atoms with Crippen LogP contribution in [0.4, 0.5) is 5.69 Å². The first-order chi connectivity index (χ1) is 10.3. The van der Waals surface area contributed by atoms with Crippen molar-refractivity contribution >= 4 is 23.2 Å². The minimum Gasteiger partial charge on any atom is -0.495 e. The summed E-state index contributed by atoms with van der Waals surface area (Å²) in [4.78, 5) is 30.9. The Labute approximate surface area is 132 Å². The Morgan fingerprint density at radius 1 is 1.32 bits per heavy atom. The smallest absolute Gasteiger partial charge is 0.264 e. The van der Waals surface area contributed by atoms with Gasteiger partial charge in [-0.05, 0) is 32.4 Å². The number of anilines is 1. The van der Waals surface area contributed by atoms with E-state index < -0.39 is 11.5 Å². The standard InChI is InChI=1S/C15H16ClN3O3/c1-7-5-11(12(22-4)6-10(7)16)19-15(21)13-8(2)17-9(3)18-14(13)20/h5-6H,1-4H3,(H,19,21)(H,17,18,20). The number of aryl methyl sites for hydroxylation is 3. The second kappa shape index (κ2) is 6.19. The van der Waals surface area contributed by atoms with E-state index in [2.05, 4.69) is 15.3 Å². The first kappa shape index (κ1) is 16.0. The van der Waals surface area contributed by atoms with Crippen molar-refractivity contribution in [3.05, 3.63) is 50.2 Å². The van der Waals surface area contributed by atoms with Crippen LogP contribution in [0.5, 0.6) is 5.75 Å². The van der Waals surface area contributed by atoms with Crippen LogP contribution in [0, 0.1) is 20.8 Å². The lowest BCUT2D eigenvalue weighted by atomic mass is 10.1. The topological polar surface area (TPSA) is 84.1 Å². The molecule has 1 heterocycles. The van der Waals surface area contributed by atoms with Crippen LogP contribution in [0.1, 0.15) is 27.4 Å². The molecule has 116 valence electrons. The number of hydrogen-bond donors (Lipinski definition) is 2. The second-order valence-electron chi connectivity index (χ2n) is 4.87. The molecule has 1 aromatic heterocycles. The number of H-pyrrole nitrogens is 1. The average Bonchev–Trinajstić information content (AvgIpc) is 2.41. The van der Waals surface area contributed by atoms with Gasteiger partial charge in [0.15, 0.2) is 0 Å². The van der Waals surface area contributed by atoms with Gasteiger partial charge in [-0.25, -0.2) is 4.98 Å². The highest BCUT2D eigenvalue weighted by atomic mass is 35.5. The number of benzene rings is 1. The average molecular weight is 322 g/mol. The zero-order chi connectivity index (χ0) is 16.4. The number of hydrogen-bond acceptors (Lipinski definition) is 4. The van der Waals surface area contributed by atoms with Crippen LogP contribution in [0.3, 0.4) is 0 Å². The number of methoxy groups -OCH3 is 1. The molecule has 22 heavy (non-hydrogen) atoms. The molecule has 6 nitrogen and oxygen atoms in total. The van der Waals surface area contributed by atoms with E-state index in [0.717, 1.165) is 5.56 Å². The Kier molecular flexibility index (Phi) is 4.51. The molecule has 0 aliphatic heterocycles. The highest BCUT2D eigenvalue weighted by molar-refractivity contribution is 6.31. The number of aromatic amines is 1. The molecule has 2 rings (SSSR count). The molecule has 0 unspecified atom stereocenters.